The maximum atomic E-state index is 9.78. The Labute approximate surface area is 204 Å². The smallest absolute Gasteiger partial charge is 0.138 e. The number of benzene rings is 2. The van der Waals surface area contributed by atoms with Gasteiger partial charge >= 0.3 is 0 Å². The molecule has 0 N–H and O–H groups in total. The van der Waals surface area contributed by atoms with Crippen LogP contribution in [-0.4, -0.2) is 20.3 Å². The number of anilines is 2. The number of hydrogen-bond acceptors (Lipinski definition) is 5. The van der Waals surface area contributed by atoms with E-state index in [0.29, 0.717) is 18.8 Å². The number of nitrogens with zero attached hydrogens (tertiary/aromatic N) is 3. The van der Waals surface area contributed by atoms with Crippen LogP contribution in [0, 0.1) is 22.7 Å². The lowest BCUT2D eigenvalue weighted by atomic mass is 9.87. The zero-order valence-electron chi connectivity index (χ0n) is 20.7. The van der Waals surface area contributed by atoms with Gasteiger partial charge in [0.25, 0.3) is 0 Å². The van der Waals surface area contributed by atoms with Gasteiger partial charge in [0.05, 0.1) is 13.2 Å². The highest BCUT2D eigenvalue weighted by atomic mass is 16.5. The van der Waals surface area contributed by atoms with Gasteiger partial charge in [0.2, 0.25) is 0 Å². The summed E-state index contributed by atoms with van der Waals surface area (Å²) in [6.07, 6.45) is 9.11. The lowest BCUT2D eigenvalue weighted by Gasteiger charge is -2.32. The third kappa shape index (κ3) is 5.91. The van der Waals surface area contributed by atoms with Crippen molar-refractivity contribution in [1.29, 1.82) is 10.5 Å². The van der Waals surface area contributed by atoms with Crippen LogP contribution in [-0.2, 0) is 0 Å². The molecule has 1 aliphatic heterocycles. The van der Waals surface area contributed by atoms with Gasteiger partial charge in [0.1, 0.15) is 29.2 Å². The topological polar surface area (TPSA) is 69.3 Å². The van der Waals surface area contributed by atoms with Crippen LogP contribution in [0.4, 0.5) is 11.4 Å². The fourth-order valence-electron chi connectivity index (χ4n) is 4.31. The fraction of sp³-hybridized carbons (Fsp3) is 0.448. The summed E-state index contributed by atoms with van der Waals surface area (Å²) in [5.74, 6) is 1.51. The van der Waals surface area contributed by atoms with E-state index < -0.39 is 0 Å². The van der Waals surface area contributed by atoms with Crippen LogP contribution in [0.25, 0.3) is 5.57 Å². The maximum absolute atomic E-state index is 9.78. The molecular weight excluding hydrogens is 422 g/mol. The first-order valence-corrected chi connectivity index (χ1v) is 12.5. The van der Waals surface area contributed by atoms with Gasteiger partial charge in [-0.15, -0.1) is 0 Å². The molecule has 2 aromatic rings. The summed E-state index contributed by atoms with van der Waals surface area (Å²) in [4.78, 5) is 2.09. The minimum Gasteiger partial charge on any atom is -0.494 e. The molecule has 0 aliphatic carbocycles. The average Bonchev–Trinajstić information content (AvgIpc) is 2.86. The Kier molecular flexibility index (Phi) is 9.41. The largest absolute Gasteiger partial charge is 0.494 e. The highest BCUT2D eigenvalue weighted by Crippen LogP contribution is 2.47. The summed E-state index contributed by atoms with van der Waals surface area (Å²) >= 11 is 0. The molecular formula is C29H35N3O2. The monoisotopic (exact) mass is 457 g/mol. The van der Waals surface area contributed by atoms with E-state index in [2.05, 4.69) is 30.9 Å². The van der Waals surface area contributed by atoms with Crippen molar-refractivity contribution in [3.05, 3.63) is 53.1 Å². The zero-order chi connectivity index (χ0) is 24.3. The van der Waals surface area contributed by atoms with Crippen LogP contribution >= 0.6 is 0 Å². The molecule has 5 nitrogen and oxygen atoms in total. The summed E-state index contributed by atoms with van der Waals surface area (Å²) in [6.45, 7) is 5.70. The van der Waals surface area contributed by atoms with Crippen molar-refractivity contribution in [2.45, 2.75) is 65.2 Å². The minimum atomic E-state index is 0.0933. The van der Waals surface area contributed by atoms with E-state index in [-0.39, 0.29) is 5.57 Å². The summed E-state index contributed by atoms with van der Waals surface area (Å²) < 4.78 is 12.0. The Morgan fingerprint density at radius 1 is 0.735 bits per heavy atom. The van der Waals surface area contributed by atoms with Gasteiger partial charge in [-0.25, -0.2) is 0 Å². The molecule has 0 bridgehead atoms. The lowest BCUT2D eigenvalue weighted by Crippen LogP contribution is -2.19. The van der Waals surface area contributed by atoms with E-state index in [0.717, 1.165) is 59.7 Å². The molecule has 3 rings (SSSR count). The van der Waals surface area contributed by atoms with Crippen molar-refractivity contribution >= 4 is 16.9 Å². The quantitative estimate of drug-likeness (QED) is 0.243. The van der Waals surface area contributed by atoms with Crippen LogP contribution in [0.1, 0.15) is 76.3 Å². The van der Waals surface area contributed by atoms with E-state index in [1.54, 1.807) is 0 Å². The molecule has 0 saturated carbocycles. The van der Waals surface area contributed by atoms with Crippen molar-refractivity contribution < 1.29 is 9.47 Å². The predicted octanol–water partition coefficient (Wildman–Crippen LogP) is 7.54. The Bertz CT molecular complexity index is 1010. The third-order valence-corrected chi connectivity index (χ3v) is 6.20. The fourth-order valence-corrected chi connectivity index (χ4v) is 4.31. The first kappa shape index (κ1) is 25.2. The van der Waals surface area contributed by atoms with E-state index in [9.17, 15) is 10.5 Å². The van der Waals surface area contributed by atoms with Crippen molar-refractivity contribution in [2.75, 3.05) is 25.2 Å². The van der Waals surface area contributed by atoms with Crippen molar-refractivity contribution in [2.24, 2.45) is 0 Å². The second kappa shape index (κ2) is 12.7. The first-order chi connectivity index (χ1) is 16.6. The van der Waals surface area contributed by atoms with Gasteiger partial charge in [0.15, 0.2) is 0 Å². The minimum absolute atomic E-state index is 0.0933. The summed E-state index contributed by atoms with van der Waals surface area (Å²) in [5.41, 5.74) is 4.28. The Morgan fingerprint density at radius 2 is 1.21 bits per heavy atom. The predicted molar refractivity (Wildman–Crippen MR) is 137 cm³/mol. The van der Waals surface area contributed by atoms with Gasteiger partial charge in [-0.1, -0.05) is 52.4 Å². The summed E-state index contributed by atoms with van der Waals surface area (Å²) in [7, 11) is 2.00. The number of nitriles is 2. The first-order valence-electron chi connectivity index (χ1n) is 12.5. The molecule has 0 radical (unpaired) electrons. The molecule has 0 amide bonds. The molecule has 34 heavy (non-hydrogen) atoms. The molecule has 5 heteroatoms. The van der Waals surface area contributed by atoms with Crippen molar-refractivity contribution in [1.82, 2.24) is 0 Å². The van der Waals surface area contributed by atoms with E-state index in [1.165, 1.54) is 25.7 Å². The highest BCUT2D eigenvalue weighted by molar-refractivity contribution is 6.01. The number of hydrogen-bond donors (Lipinski definition) is 0. The number of rotatable bonds is 12. The number of unbranched alkanes of at least 4 members (excludes halogenated alkanes) is 6. The SMILES string of the molecule is CCCCCCOc1ccc2c(c1)C(=C(C#N)C#N)c1cc(OCCCCCC)ccc1N2C. The molecule has 0 aromatic heterocycles. The highest BCUT2D eigenvalue weighted by Gasteiger charge is 2.28. The van der Waals surface area contributed by atoms with Gasteiger partial charge < -0.3 is 14.4 Å². The normalized spacial score (nSPS) is 11.8. The molecule has 1 aliphatic rings. The van der Waals surface area contributed by atoms with Crippen LogP contribution in [0.2, 0.25) is 0 Å². The van der Waals surface area contributed by atoms with Crippen LogP contribution < -0.4 is 14.4 Å². The number of allylic oxidation sites excluding steroid dienone is 1. The van der Waals surface area contributed by atoms with Crippen LogP contribution in [0.5, 0.6) is 11.5 Å². The van der Waals surface area contributed by atoms with Crippen LogP contribution in [0.15, 0.2) is 42.0 Å². The molecule has 2 aromatic carbocycles. The summed E-state index contributed by atoms with van der Waals surface area (Å²) in [5, 5.41) is 19.6. The second-order valence-electron chi connectivity index (χ2n) is 8.71. The molecule has 0 atom stereocenters. The van der Waals surface area contributed by atoms with E-state index >= 15 is 0 Å². The molecule has 0 spiro atoms. The van der Waals surface area contributed by atoms with Gasteiger partial charge in [-0.2, -0.15) is 10.5 Å². The number of fused-ring (bicyclic) bond motifs is 2. The Morgan fingerprint density at radius 3 is 1.62 bits per heavy atom. The standard InChI is InChI=1S/C29H35N3O2/c1-4-6-8-10-16-33-23-12-14-27-25(18-23)29(22(20-30)21-31)26-19-24(13-15-28(26)32(27)3)34-17-11-9-7-5-2/h12-15,18-19H,4-11,16-17H2,1-3H3. The van der Waals surface area contributed by atoms with Crippen molar-refractivity contribution in [3.63, 3.8) is 0 Å². The van der Waals surface area contributed by atoms with Gasteiger partial charge in [0, 0.05) is 35.1 Å². The average molecular weight is 458 g/mol. The number of ether oxygens (including phenoxy) is 2. The van der Waals surface area contributed by atoms with Crippen molar-refractivity contribution in [3.8, 4) is 23.6 Å². The molecule has 1 heterocycles. The van der Waals surface area contributed by atoms with E-state index in [1.807, 2.05) is 43.4 Å². The Hall–Kier alpha value is -3.44. The van der Waals surface area contributed by atoms with Crippen LogP contribution in [0.3, 0.4) is 0 Å². The van der Waals surface area contributed by atoms with Gasteiger partial charge in [-0.05, 0) is 49.2 Å². The maximum Gasteiger partial charge on any atom is 0.138 e. The third-order valence-electron chi connectivity index (χ3n) is 6.20. The second-order valence-corrected chi connectivity index (χ2v) is 8.71. The lowest BCUT2D eigenvalue weighted by molar-refractivity contribution is 0.305. The van der Waals surface area contributed by atoms with Gasteiger partial charge in [-0.3, -0.25) is 0 Å². The summed E-state index contributed by atoms with van der Waals surface area (Å²) in [6, 6.07) is 16.1. The molecule has 178 valence electrons. The zero-order valence-corrected chi connectivity index (χ0v) is 20.7. The Balaban J connectivity index is 1.93. The molecule has 0 saturated heterocycles. The van der Waals surface area contributed by atoms with E-state index in [4.69, 9.17) is 9.47 Å². The molecule has 0 unspecified atom stereocenters. The molecule has 0 fully saturated rings.